The highest BCUT2D eigenvalue weighted by Gasteiger charge is 2.23. The number of rotatable bonds is 6. The third kappa shape index (κ3) is 4.37. The maximum absolute atomic E-state index is 12.3. The molecule has 0 amide bonds. The van der Waals surface area contributed by atoms with Crippen LogP contribution in [0.15, 0.2) is 41.3 Å². The second kappa shape index (κ2) is 9.67. The molecule has 0 saturated heterocycles. The van der Waals surface area contributed by atoms with E-state index < -0.39 is 0 Å². The Morgan fingerprint density at radius 2 is 1.71 bits per heavy atom. The largest absolute Gasteiger partial charge is 0.496 e. The van der Waals surface area contributed by atoms with E-state index in [9.17, 15) is 4.79 Å². The molecule has 0 bridgehead atoms. The first kappa shape index (κ1) is 24.1. The molecule has 1 aliphatic heterocycles. The van der Waals surface area contributed by atoms with Crippen molar-refractivity contribution in [3.63, 3.8) is 0 Å². The van der Waals surface area contributed by atoms with Crippen LogP contribution in [0.1, 0.15) is 53.1 Å². The van der Waals surface area contributed by atoms with Gasteiger partial charge in [-0.05, 0) is 66.1 Å². The van der Waals surface area contributed by atoms with Gasteiger partial charge in [0, 0.05) is 44.0 Å². The van der Waals surface area contributed by atoms with E-state index in [-0.39, 0.29) is 5.56 Å². The van der Waals surface area contributed by atoms with Gasteiger partial charge < -0.3 is 14.0 Å². The van der Waals surface area contributed by atoms with E-state index in [0.717, 1.165) is 65.4 Å². The zero-order valence-electron chi connectivity index (χ0n) is 21.5. The summed E-state index contributed by atoms with van der Waals surface area (Å²) in [6, 6.07) is 10.9. The fraction of sp³-hybridized carbons (Fsp3) is 0.414. The van der Waals surface area contributed by atoms with Crippen molar-refractivity contribution in [2.24, 2.45) is 7.05 Å². The zero-order chi connectivity index (χ0) is 24.6. The number of benzene rings is 2. The maximum atomic E-state index is 12.3. The number of fused-ring (bicyclic) bond motifs is 1. The molecule has 0 unspecified atom stereocenters. The molecule has 0 spiro atoms. The molecular formula is C29H36N2O3. The highest BCUT2D eigenvalue weighted by Crippen LogP contribution is 2.38. The highest BCUT2D eigenvalue weighted by molar-refractivity contribution is 5.72. The number of aromatic nitrogens is 1. The van der Waals surface area contributed by atoms with Gasteiger partial charge in [0.15, 0.2) is 0 Å². The first-order chi connectivity index (χ1) is 16.2. The van der Waals surface area contributed by atoms with Gasteiger partial charge in [0.25, 0.3) is 5.56 Å². The third-order valence-electron chi connectivity index (χ3n) is 7.23. The van der Waals surface area contributed by atoms with Gasteiger partial charge in [0.05, 0.1) is 19.8 Å². The molecule has 0 N–H and O–H groups in total. The van der Waals surface area contributed by atoms with Crippen molar-refractivity contribution in [3.8, 4) is 22.6 Å². The van der Waals surface area contributed by atoms with Crippen molar-refractivity contribution in [3.05, 3.63) is 80.3 Å². The molecule has 0 aliphatic carbocycles. The molecule has 0 saturated carbocycles. The van der Waals surface area contributed by atoms with Crippen LogP contribution in [-0.2, 0) is 26.6 Å². The summed E-state index contributed by atoms with van der Waals surface area (Å²) in [4.78, 5) is 14.8. The number of aryl methyl sites for hydroxylation is 1. The molecule has 180 valence electrons. The number of methoxy groups -OCH3 is 2. The van der Waals surface area contributed by atoms with Crippen LogP contribution in [-0.4, -0.2) is 30.2 Å². The zero-order valence-corrected chi connectivity index (χ0v) is 21.5. The lowest BCUT2D eigenvalue weighted by Gasteiger charge is -2.31. The Kier molecular flexibility index (Phi) is 6.85. The van der Waals surface area contributed by atoms with Gasteiger partial charge in [-0.15, -0.1) is 0 Å². The summed E-state index contributed by atoms with van der Waals surface area (Å²) < 4.78 is 13.4. The normalized spacial score (nSPS) is 13.8. The Hall–Kier alpha value is -3.05. The summed E-state index contributed by atoms with van der Waals surface area (Å²) in [7, 11) is 5.21. The molecule has 0 atom stereocenters. The van der Waals surface area contributed by atoms with Crippen LogP contribution in [0.3, 0.4) is 0 Å². The van der Waals surface area contributed by atoms with Gasteiger partial charge in [-0.1, -0.05) is 32.0 Å². The van der Waals surface area contributed by atoms with E-state index in [1.54, 1.807) is 25.8 Å². The molecule has 0 fully saturated rings. The molecule has 4 rings (SSSR count). The standard InChI is InChI=1S/C29H36N2O3/c1-18(2)23-10-8-9-21-15-31(12-11-24(21)23)17-26-27(33-6)13-22(14-28(26)34-7)25-16-30(5)29(32)20(4)19(25)3/h8-10,13-14,16,18H,11-12,15,17H2,1-7H3. The predicted molar refractivity (Wildman–Crippen MR) is 138 cm³/mol. The lowest BCUT2D eigenvalue weighted by Crippen LogP contribution is -2.31. The minimum Gasteiger partial charge on any atom is -0.496 e. The third-order valence-corrected chi connectivity index (χ3v) is 7.23. The molecule has 1 aliphatic rings. The summed E-state index contributed by atoms with van der Waals surface area (Å²) >= 11 is 0. The monoisotopic (exact) mass is 460 g/mol. The lowest BCUT2D eigenvalue weighted by atomic mass is 9.89. The quantitative estimate of drug-likeness (QED) is 0.496. The van der Waals surface area contributed by atoms with Gasteiger partial charge in [-0.2, -0.15) is 0 Å². The maximum Gasteiger partial charge on any atom is 0.253 e. The highest BCUT2D eigenvalue weighted by atomic mass is 16.5. The Bertz CT molecular complexity index is 1250. The van der Waals surface area contributed by atoms with Crippen molar-refractivity contribution in [1.29, 1.82) is 0 Å². The summed E-state index contributed by atoms with van der Waals surface area (Å²) in [6.45, 7) is 11.1. The minimum absolute atomic E-state index is 0.0304. The summed E-state index contributed by atoms with van der Waals surface area (Å²) in [5, 5.41) is 0. The van der Waals surface area contributed by atoms with E-state index in [1.807, 2.05) is 20.0 Å². The van der Waals surface area contributed by atoms with Gasteiger partial charge >= 0.3 is 0 Å². The lowest BCUT2D eigenvalue weighted by molar-refractivity contribution is 0.237. The minimum atomic E-state index is 0.0304. The Labute approximate surface area is 202 Å². The fourth-order valence-electron chi connectivity index (χ4n) is 5.16. The Morgan fingerprint density at radius 3 is 2.32 bits per heavy atom. The predicted octanol–water partition coefficient (Wildman–Crippen LogP) is 5.37. The topological polar surface area (TPSA) is 43.7 Å². The molecule has 3 aromatic rings. The molecule has 34 heavy (non-hydrogen) atoms. The molecule has 2 heterocycles. The summed E-state index contributed by atoms with van der Waals surface area (Å²) in [5.74, 6) is 2.16. The van der Waals surface area contributed by atoms with Crippen molar-refractivity contribution in [2.45, 2.75) is 53.1 Å². The number of hydrogen-bond donors (Lipinski definition) is 0. The molecule has 1 aromatic heterocycles. The molecule has 5 nitrogen and oxygen atoms in total. The fourth-order valence-corrected chi connectivity index (χ4v) is 5.16. The Balaban J connectivity index is 1.69. The van der Waals surface area contributed by atoms with Crippen LogP contribution >= 0.6 is 0 Å². The van der Waals surface area contributed by atoms with Crippen LogP contribution in [0.2, 0.25) is 0 Å². The van der Waals surface area contributed by atoms with Crippen LogP contribution in [0.25, 0.3) is 11.1 Å². The van der Waals surface area contributed by atoms with E-state index in [4.69, 9.17) is 9.47 Å². The van der Waals surface area contributed by atoms with E-state index in [2.05, 4.69) is 49.1 Å². The van der Waals surface area contributed by atoms with Gasteiger partial charge in [-0.25, -0.2) is 0 Å². The van der Waals surface area contributed by atoms with Crippen LogP contribution in [0, 0.1) is 13.8 Å². The number of hydrogen-bond acceptors (Lipinski definition) is 4. The smallest absolute Gasteiger partial charge is 0.253 e. The van der Waals surface area contributed by atoms with Crippen molar-refractivity contribution >= 4 is 0 Å². The van der Waals surface area contributed by atoms with Crippen molar-refractivity contribution < 1.29 is 9.47 Å². The van der Waals surface area contributed by atoms with Crippen molar-refractivity contribution in [2.75, 3.05) is 20.8 Å². The average Bonchev–Trinajstić information content (AvgIpc) is 2.84. The van der Waals surface area contributed by atoms with Crippen LogP contribution in [0.4, 0.5) is 0 Å². The average molecular weight is 461 g/mol. The Morgan fingerprint density at radius 1 is 1.03 bits per heavy atom. The number of pyridine rings is 1. The van der Waals surface area contributed by atoms with Crippen molar-refractivity contribution in [1.82, 2.24) is 9.47 Å². The first-order valence-corrected chi connectivity index (χ1v) is 12.0. The van der Waals surface area contributed by atoms with Gasteiger partial charge in [0.1, 0.15) is 11.5 Å². The number of ether oxygens (including phenoxy) is 2. The SMILES string of the molecule is COc1cc(-c2cn(C)c(=O)c(C)c2C)cc(OC)c1CN1CCc2c(cccc2C(C)C)C1. The molecule has 2 aromatic carbocycles. The van der Waals surface area contributed by atoms with Crippen LogP contribution in [0.5, 0.6) is 11.5 Å². The molecular weight excluding hydrogens is 424 g/mol. The van der Waals surface area contributed by atoms with Gasteiger partial charge in [0.2, 0.25) is 0 Å². The van der Waals surface area contributed by atoms with E-state index in [1.165, 1.54) is 16.7 Å². The second-order valence-electron chi connectivity index (χ2n) is 9.67. The van der Waals surface area contributed by atoms with E-state index >= 15 is 0 Å². The second-order valence-corrected chi connectivity index (χ2v) is 9.67. The summed E-state index contributed by atoms with van der Waals surface area (Å²) in [5.41, 5.74) is 9.23. The summed E-state index contributed by atoms with van der Waals surface area (Å²) in [6.07, 6.45) is 2.95. The van der Waals surface area contributed by atoms with E-state index in [0.29, 0.717) is 5.92 Å². The van der Waals surface area contributed by atoms with Gasteiger partial charge in [-0.3, -0.25) is 9.69 Å². The molecule has 5 heteroatoms. The number of nitrogens with zero attached hydrogens (tertiary/aromatic N) is 2. The molecule has 0 radical (unpaired) electrons. The first-order valence-electron chi connectivity index (χ1n) is 12.0. The van der Waals surface area contributed by atoms with Crippen LogP contribution < -0.4 is 15.0 Å².